The van der Waals surface area contributed by atoms with Gasteiger partial charge in [0.15, 0.2) is 0 Å². The van der Waals surface area contributed by atoms with Crippen LogP contribution in [-0.4, -0.2) is 39.3 Å². The molecule has 2 aromatic rings. The van der Waals surface area contributed by atoms with Crippen molar-refractivity contribution in [3.63, 3.8) is 0 Å². The van der Waals surface area contributed by atoms with Crippen molar-refractivity contribution in [2.75, 3.05) is 6.61 Å². The first-order valence-corrected chi connectivity index (χ1v) is 10.7. The van der Waals surface area contributed by atoms with Crippen molar-refractivity contribution in [3.8, 4) is 5.75 Å². The van der Waals surface area contributed by atoms with Gasteiger partial charge in [-0.05, 0) is 37.5 Å². The summed E-state index contributed by atoms with van der Waals surface area (Å²) in [6.07, 6.45) is 3.49. The lowest BCUT2D eigenvalue weighted by molar-refractivity contribution is -0.384. The number of ether oxygens (including phenoxy) is 1. The lowest BCUT2D eigenvalue weighted by atomic mass is 9.94. The predicted octanol–water partition coefficient (Wildman–Crippen LogP) is 4.36. The molecule has 4 rings (SSSR count). The molecule has 0 radical (unpaired) electrons. The second kappa shape index (κ2) is 8.82. The Balaban J connectivity index is 1.88. The molecule has 2 aromatic carbocycles. The summed E-state index contributed by atoms with van der Waals surface area (Å²) in [7, 11) is 0. The van der Waals surface area contributed by atoms with Gasteiger partial charge in [0.1, 0.15) is 11.5 Å². The van der Waals surface area contributed by atoms with E-state index in [0.29, 0.717) is 17.9 Å². The number of benzene rings is 2. The summed E-state index contributed by atoms with van der Waals surface area (Å²) >= 11 is 0. The van der Waals surface area contributed by atoms with Gasteiger partial charge in [-0.25, -0.2) is 0 Å². The van der Waals surface area contributed by atoms with Crippen LogP contribution in [0.2, 0.25) is 0 Å². The number of amides is 1. The van der Waals surface area contributed by atoms with Crippen molar-refractivity contribution >= 4 is 23.1 Å². The van der Waals surface area contributed by atoms with Crippen molar-refractivity contribution < 1.29 is 24.4 Å². The molecule has 1 aliphatic heterocycles. The van der Waals surface area contributed by atoms with Gasteiger partial charge >= 0.3 is 0 Å². The van der Waals surface area contributed by atoms with Crippen LogP contribution in [0, 0.1) is 10.1 Å². The molecule has 0 bridgehead atoms. The summed E-state index contributed by atoms with van der Waals surface area (Å²) in [5, 5.41) is 22.3. The number of nitro benzene ring substituents is 1. The van der Waals surface area contributed by atoms with Crippen LogP contribution in [0.15, 0.2) is 54.1 Å². The fourth-order valence-corrected chi connectivity index (χ4v) is 4.60. The lowest BCUT2D eigenvalue weighted by Gasteiger charge is -2.31. The van der Waals surface area contributed by atoms with Gasteiger partial charge in [0, 0.05) is 23.7 Å². The number of ketones is 1. The first-order valence-electron chi connectivity index (χ1n) is 10.7. The van der Waals surface area contributed by atoms with E-state index in [0.717, 1.165) is 25.7 Å². The van der Waals surface area contributed by atoms with Gasteiger partial charge in [0.2, 0.25) is 0 Å². The molecular weight excluding hydrogens is 412 g/mol. The average Bonchev–Trinajstić information content (AvgIpc) is 3.41. The molecule has 1 heterocycles. The Kier molecular flexibility index (Phi) is 5.94. The number of carbonyl (C=O) groups excluding carboxylic acids is 2. The Bertz CT molecular complexity index is 1100. The van der Waals surface area contributed by atoms with Gasteiger partial charge < -0.3 is 14.7 Å². The van der Waals surface area contributed by atoms with Crippen molar-refractivity contribution in [1.29, 1.82) is 0 Å². The Hall–Kier alpha value is -3.68. The number of non-ortho nitro benzene ring substituents is 1. The fraction of sp³-hybridized carbons (Fsp3) is 0.333. The molecule has 2 fully saturated rings. The van der Waals surface area contributed by atoms with Crippen LogP contribution in [0.4, 0.5) is 5.69 Å². The number of aliphatic hydroxyl groups excluding tert-OH is 1. The number of aliphatic hydroxyl groups is 1. The van der Waals surface area contributed by atoms with Crippen LogP contribution in [0.25, 0.3) is 5.76 Å². The number of likely N-dealkylation sites (tertiary alicyclic amines) is 1. The Morgan fingerprint density at radius 2 is 1.88 bits per heavy atom. The van der Waals surface area contributed by atoms with E-state index in [1.807, 2.05) is 6.92 Å². The minimum absolute atomic E-state index is 0.0592. The second-order valence-electron chi connectivity index (χ2n) is 7.96. The van der Waals surface area contributed by atoms with E-state index < -0.39 is 28.4 Å². The van der Waals surface area contributed by atoms with E-state index in [2.05, 4.69) is 0 Å². The topological polar surface area (TPSA) is 110 Å². The zero-order valence-corrected chi connectivity index (χ0v) is 17.7. The number of hydrogen-bond donors (Lipinski definition) is 1. The van der Waals surface area contributed by atoms with Crippen LogP contribution in [-0.2, 0) is 9.59 Å². The van der Waals surface area contributed by atoms with Crippen molar-refractivity contribution in [2.24, 2.45) is 0 Å². The molecule has 2 aliphatic rings. The van der Waals surface area contributed by atoms with Gasteiger partial charge in [-0.1, -0.05) is 37.1 Å². The van der Waals surface area contributed by atoms with E-state index in [1.165, 1.54) is 24.3 Å². The van der Waals surface area contributed by atoms with Crippen molar-refractivity contribution in [2.45, 2.75) is 44.7 Å². The molecular formula is C24H24N2O6. The highest BCUT2D eigenvalue weighted by atomic mass is 16.6. The summed E-state index contributed by atoms with van der Waals surface area (Å²) in [6, 6.07) is 11.6. The molecule has 1 saturated carbocycles. The summed E-state index contributed by atoms with van der Waals surface area (Å²) in [5.74, 6) is -1.26. The minimum atomic E-state index is -0.794. The average molecular weight is 436 g/mol. The van der Waals surface area contributed by atoms with Gasteiger partial charge in [-0.15, -0.1) is 0 Å². The van der Waals surface area contributed by atoms with Gasteiger partial charge in [0.25, 0.3) is 17.4 Å². The van der Waals surface area contributed by atoms with E-state index in [1.54, 1.807) is 29.2 Å². The molecule has 0 spiro atoms. The van der Waals surface area contributed by atoms with E-state index in [9.17, 15) is 24.8 Å². The largest absolute Gasteiger partial charge is 0.507 e. The lowest BCUT2D eigenvalue weighted by Crippen LogP contribution is -2.37. The normalized spacial score (nSPS) is 20.7. The highest BCUT2D eigenvalue weighted by molar-refractivity contribution is 6.46. The number of nitrogens with zero attached hydrogens (tertiary/aromatic N) is 2. The van der Waals surface area contributed by atoms with Gasteiger partial charge in [0.05, 0.1) is 23.1 Å². The summed E-state index contributed by atoms with van der Waals surface area (Å²) in [4.78, 5) is 38.4. The predicted molar refractivity (Wildman–Crippen MR) is 117 cm³/mol. The molecule has 1 atom stereocenters. The molecule has 0 aromatic heterocycles. The number of rotatable bonds is 6. The zero-order chi connectivity index (χ0) is 22.8. The molecule has 166 valence electrons. The molecule has 1 N–H and O–H groups in total. The van der Waals surface area contributed by atoms with Gasteiger partial charge in [-0.3, -0.25) is 19.7 Å². The number of nitro groups is 1. The highest BCUT2D eigenvalue weighted by Crippen LogP contribution is 2.44. The smallest absolute Gasteiger partial charge is 0.295 e. The summed E-state index contributed by atoms with van der Waals surface area (Å²) in [5.41, 5.74) is 0.494. The Labute approximate surface area is 185 Å². The number of carbonyl (C=O) groups is 2. The molecule has 32 heavy (non-hydrogen) atoms. The highest BCUT2D eigenvalue weighted by Gasteiger charge is 2.49. The number of Topliss-reactive ketones (excluding diaryl/α,β-unsaturated/α-hetero) is 1. The van der Waals surface area contributed by atoms with Crippen LogP contribution in [0.5, 0.6) is 5.75 Å². The standard InChI is InChI=1S/C24H24N2O6/c1-2-32-19-12-6-7-15(14-19)21-20(22(27)16-8-5-11-18(13-16)26(30)31)23(28)24(29)25(21)17-9-3-4-10-17/h5-8,11-14,17,21,27H,2-4,9-10H2,1H3/b22-20-. The van der Waals surface area contributed by atoms with Crippen LogP contribution in [0.3, 0.4) is 0 Å². The van der Waals surface area contributed by atoms with E-state index >= 15 is 0 Å². The minimum Gasteiger partial charge on any atom is -0.507 e. The molecule has 8 nitrogen and oxygen atoms in total. The first kappa shape index (κ1) is 21.5. The molecule has 1 saturated heterocycles. The van der Waals surface area contributed by atoms with E-state index in [-0.39, 0.29) is 22.9 Å². The maximum Gasteiger partial charge on any atom is 0.295 e. The van der Waals surface area contributed by atoms with Crippen LogP contribution < -0.4 is 4.74 Å². The van der Waals surface area contributed by atoms with Gasteiger partial charge in [-0.2, -0.15) is 0 Å². The maximum atomic E-state index is 13.1. The van der Waals surface area contributed by atoms with Crippen LogP contribution in [0.1, 0.15) is 49.8 Å². The first-order chi connectivity index (χ1) is 15.4. The molecule has 8 heteroatoms. The third-order valence-electron chi connectivity index (χ3n) is 6.01. The second-order valence-corrected chi connectivity index (χ2v) is 7.96. The molecule has 1 amide bonds. The Morgan fingerprint density at radius 1 is 1.16 bits per heavy atom. The van der Waals surface area contributed by atoms with Crippen molar-refractivity contribution in [3.05, 3.63) is 75.3 Å². The third kappa shape index (κ3) is 3.84. The van der Waals surface area contributed by atoms with Crippen molar-refractivity contribution in [1.82, 2.24) is 4.90 Å². The van der Waals surface area contributed by atoms with E-state index in [4.69, 9.17) is 4.74 Å². The monoisotopic (exact) mass is 436 g/mol. The fourth-order valence-electron chi connectivity index (χ4n) is 4.60. The summed E-state index contributed by atoms with van der Waals surface area (Å²) < 4.78 is 5.60. The zero-order valence-electron chi connectivity index (χ0n) is 17.7. The van der Waals surface area contributed by atoms with Crippen LogP contribution >= 0.6 is 0 Å². The third-order valence-corrected chi connectivity index (χ3v) is 6.01. The SMILES string of the molecule is CCOc1cccc(C2/C(=C(/O)c3cccc([N+](=O)[O-])c3)C(=O)C(=O)N2C2CCCC2)c1. The molecule has 1 unspecified atom stereocenters. The Morgan fingerprint density at radius 3 is 2.56 bits per heavy atom. The number of hydrogen-bond acceptors (Lipinski definition) is 6. The summed E-state index contributed by atoms with van der Waals surface area (Å²) in [6.45, 7) is 2.32. The quantitative estimate of drug-likeness (QED) is 0.237. The maximum absolute atomic E-state index is 13.1. The molecule has 1 aliphatic carbocycles.